The molecular weight excluding hydrogens is 364 g/mol. The van der Waals surface area contributed by atoms with Gasteiger partial charge in [-0.1, -0.05) is 0 Å². The molecule has 2 aliphatic rings. The lowest BCUT2D eigenvalue weighted by Gasteiger charge is -2.33. The maximum absolute atomic E-state index is 12.7. The maximum atomic E-state index is 12.7. The number of amides is 2. The van der Waals surface area contributed by atoms with E-state index in [0.717, 1.165) is 48.3 Å². The molecule has 0 bridgehead atoms. The number of nitrogens with one attached hydrogen (secondary N) is 1. The second-order valence-electron chi connectivity index (χ2n) is 7.24. The number of oxazole rings is 1. The highest BCUT2D eigenvalue weighted by atomic mass is 32.1. The zero-order valence-corrected chi connectivity index (χ0v) is 16.5. The quantitative estimate of drug-likeness (QED) is 0.852. The van der Waals surface area contributed by atoms with Gasteiger partial charge < -0.3 is 14.6 Å². The molecule has 1 N–H and O–H groups in total. The van der Waals surface area contributed by atoms with Crippen LogP contribution in [0.2, 0.25) is 0 Å². The molecule has 2 aromatic heterocycles. The third kappa shape index (κ3) is 4.22. The van der Waals surface area contributed by atoms with Crippen LogP contribution in [0.4, 0.5) is 5.00 Å². The molecular formula is C19H24N4O3S. The van der Waals surface area contributed by atoms with E-state index in [-0.39, 0.29) is 17.7 Å². The minimum absolute atomic E-state index is 0.0365. The summed E-state index contributed by atoms with van der Waals surface area (Å²) in [6, 6.07) is 3.63. The Hall–Kier alpha value is -2.19. The number of carbonyl (C=O) groups excluding carboxylic acids is 2. The number of nitrogens with zero attached hydrogens (tertiary/aromatic N) is 3. The number of rotatable bonds is 5. The summed E-state index contributed by atoms with van der Waals surface area (Å²) in [7, 11) is 0. The summed E-state index contributed by atoms with van der Waals surface area (Å²) in [6.07, 6.45) is 1.94. The zero-order valence-electron chi connectivity index (χ0n) is 15.7. The first-order chi connectivity index (χ1) is 13.0. The Morgan fingerprint density at radius 2 is 1.96 bits per heavy atom. The molecule has 1 aliphatic heterocycles. The van der Waals surface area contributed by atoms with Gasteiger partial charge in [0.05, 0.1) is 22.1 Å². The minimum atomic E-state index is 0.0365. The lowest BCUT2D eigenvalue weighted by atomic mass is 10.3. The number of hydrogen-bond donors (Lipinski definition) is 1. The fourth-order valence-electron chi connectivity index (χ4n) is 3.15. The van der Waals surface area contributed by atoms with Crippen molar-refractivity contribution in [2.75, 3.05) is 31.5 Å². The number of aromatic nitrogens is 1. The summed E-state index contributed by atoms with van der Waals surface area (Å²) in [6.45, 7) is 7.49. The van der Waals surface area contributed by atoms with Crippen molar-refractivity contribution < 1.29 is 14.0 Å². The third-order valence-electron chi connectivity index (χ3n) is 5.10. The third-order valence-corrected chi connectivity index (χ3v) is 6.09. The Balaban J connectivity index is 1.29. The van der Waals surface area contributed by atoms with Crippen LogP contribution in [0.25, 0.3) is 0 Å². The van der Waals surface area contributed by atoms with Crippen LogP contribution in [0.3, 0.4) is 0 Å². The van der Waals surface area contributed by atoms with Crippen LogP contribution in [0.1, 0.15) is 39.9 Å². The molecule has 1 aliphatic carbocycles. The summed E-state index contributed by atoms with van der Waals surface area (Å²) in [5.74, 6) is 1.87. The summed E-state index contributed by atoms with van der Waals surface area (Å²) >= 11 is 1.35. The van der Waals surface area contributed by atoms with Crippen LogP contribution >= 0.6 is 11.3 Å². The second kappa shape index (κ2) is 7.44. The number of aryl methyl sites for hydroxylation is 2. The Labute approximate surface area is 162 Å². The number of piperazine rings is 1. The molecule has 0 unspecified atom stereocenters. The Bertz CT molecular complexity index is 828. The van der Waals surface area contributed by atoms with E-state index in [4.69, 9.17) is 4.42 Å². The Morgan fingerprint density at radius 3 is 2.59 bits per heavy atom. The van der Waals surface area contributed by atoms with Gasteiger partial charge in [0.1, 0.15) is 5.76 Å². The molecule has 1 saturated heterocycles. The first-order valence-corrected chi connectivity index (χ1v) is 10.2. The second-order valence-corrected chi connectivity index (χ2v) is 8.33. The molecule has 0 atom stereocenters. The molecule has 1 saturated carbocycles. The van der Waals surface area contributed by atoms with Crippen molar-refractivity contribution in [3.8, 4) is 0 Å². The summed E-state index contributed by atoms with van der Waals surface area (Å²) in [5.41, 5.74) is 0.932. The first kappa shape index (κ1) is 18.2. The van der Waals surface area contributed by atoms with E-state index in [9.17, 15) is 9.59 Å². The average Bonchev–Trinajstić information content (AvgIpc) is 3.33. The molecule has 2 fully saturated rings. The predicted molar refractivity (Wildman–Crippen MR) is 103 cm³/mol. The number of anilines is 1. The van der Waals surface area contributed by atoms with Crippen molar-refractivity contribution >= 4 is 28.2 Å². The van der Waals surface area contributed by atoms with Crippen LogP contribution < -0.4 is 5.32 Å². The first-order valence-electron chi connectivity index (χ1n) is 9.35. The zero-order chi connectivity index (χ0) is 19.0. The molecule has 144 valence electrons. The summed E-state index contributed by atoms with van der Waals surface area (Å²) < 4.78 is 5.65. The molecule has 2 amide bonds. The van der Waals surface area contributed by atoms with Crippen molar-refractivity contribution in [3.63, 3.8) is 0 Å². The highest BCUT2D eigenvalue weighted by Gasteiger charge is 2.30. The monoisotopic (exact) mass is 388 g/mol. The Kier molecular flexibility index (Phi) is 5.01. The van der Waals surface area contributed by atoms with Gasteiger partial charge in [0, 0.05) is 32.1 Å². The van der Waals surface area contributed by atoms with Crippen LogP contribution in [0.15, 0.2) is 16.5 Å². The fraction of sp³-hybridized carbons (Fsp3) is 0.526. The van der Waals surface area contributed by atoms with E-state index in [1.807, 2.05) is 24.8 Å². The van der Waals surface area contributed by atoms with E-state index in [1.165, 1.54) is 11.3 Å². The van der Waals surface area contributed by atoms with Crippen molar-refractivity contribution in [2.24, 2.45) is 5.92 Å². The Morgan fingerprint density at radius 1 is 1.22 bits per heavy atom. The van der Waals surface area contributed by atoms with Gasteiger partial charge in [-0.05, 0) is 38.8 Å². The van der Waals surface area contributed by atoms with Gasteiger partial charge in [-0.2, -0.15) is 0 Å². The number of hydrogen-bond acceptors (Lipinski definition) is 6. The topological polar surface area (TPSA) is 78.7 Å². The van der Waals surface area contributed by atoms with Crippen molar-refractivity contribution in [1.82, 2.24) is 14.8 Å². The van der Waals surface area contributed by atoms with Crippen LogP contribution in [0.5, 0.6) is 0 Å². The van der Waals surface area contributed by atoms with Crippen LogP contribution in [0, 0.1) is 19.8 Å². The smallest absolute Gasteiger partial charge is 0.264 e. The van der Waals surface area contributed by atoms with E-state index in [1.54, 1.807) is 6.07 Å². The molecule has 0 spiro atoms. The molecule has 27 heavy (non-hydrogen) atoms. The molecule has 4 rings (SSSR count). The van der Waals surface area contributed by atoms with Gasteiger partial charge in [0.15, 0.2) is 0 Å². The molecule has 2 aromatic rings. The number of thiophene rings is 1. The number of carbonyl (C=O) groups is 2. The summed E-state index contributed by atoms with van der Waals surface area (Å²) in [5, 5.41) is 3.66. The maximum Gasteiger partial charge on any atom is 0.264 e. The molecule has 8 heteroatoms. The fourth-order valence-corrected chi connectivity index (χ4v) is 4.03. The molecule has 3 heterocycles. The van der Waals surface area contributed by atoms with Crippen LogP contribution in [-0.4, -0.2) is 52.8 Å². The van der Waals surface area contributed by atoms with E-state index >= 15 is 0 Å². The normalized spacial score (nSPS) is 17.9. The van der Waals surface area contributed by atoms with Gasteiger partial charge in [-0.3, -0.25) is 14.5 Å². The molecule has 0 aromatic carbocycles. The lowest BCUT2D eigenvalue weighted by molar-refractivity contribution is -0.117. The highest BCUT2D eigenvalue weighted by molar-refractivity contribution is 7.18. The van der Waals surface area contributed by atoms with Crippen molar-refractivity contribution in [2.45, 2.75) is 33.2 Å². The predicted octanol–water partition coefficient (Wildman–Crippen LogP) is 2.66. The average molecular weight is 388 g/mol. The van der Waals surface area contributed by atoms with Crippen LogP contribution in [-0.2, 0) is 11.3 Å². The van der Waals surface area contributed by atoms with E-state index in [2.05, 4.69) is 15.2 Å². The minimum Gasteiger partial charge on any atom is -0.444 e. The standard InChI is InChI=1S/C19H24N4O3S/c1-12-13(2)26-16(20-12)11-22-7-9-23(10-8-22)19(25)15-5-6-17(27-15)21-18(24)14-3-4-14/h5-6,14H,3-4,7-11H2,1-2H3,(H,21,24). The largest absolute Gasteiger partial charge is 0.444 e. The molecule has 7 nitrogen and oxygen atoms in total. The highest BCUT2D eigenvalue weighted by Crippen LogP contribution is 2.32. The van der Waals surface area contributed by atoms with Gasteiger partial charge in [0.2, 0.25) is 11.8 Å². The van der Waals surface area contributed by atoms with Crippen molar-refractivity contribution in [3.05, 3.63) is 34.4 Å². The van der Waals surface area contributed by atoms with E-state index < -0.39 is 0 Å². The lowest BCUT2D eigenvalue weighted by Crippen LogP contribution is -2.48. The summed E-state index contributed by atoms with van der Waals surface area (Å²) in [4.78, 5) is 33.8. The molecule has 0 radical (unpaired) electrons. The van der Waals surface area contributed by atoms with Gasteiger partial charge in [0.25, 0.3) is 5.91 Å². The van der Waals surface area contributed by atoms with Gasteiger partial charge >= 0.3 is 0 Å². The van der Waals surface area contributed by atoms with Gasteiger partial charge in [-0.15, -0.1) is 11.3 Å². The van der Waals surface area contributed by atoms with E-state index in [0.29, 0.717) is 24.5 Å². The van der Waals surface area contributed by atoms with Crippen molar-refractivity contribution in [1.29, 1.82) is 0 Å². The SMILES string of the molecule is Cc1nc(CN2CCN(C(=O)c3ccc(NC(=O)C4CC4)s3)CC2)oc1C. The van der Waals surface area contributed by atoms with Gasteiger partial charge in [-0.25, -0.2) is 4.98 Å².